The molecule has 0 aliphatic carbocycles. The summed E-state index contributed by atoms with van der Waals surface area (Å²) in [6.07, 6.45) is 2.15. The van der Waals surface area contributed by atoms with E-state index in [1.54, 1.807) is 30.5 Å². The number of anilines is 1. The van der Waals surface area contributed by atoms with Crippen molar-refractivity contribution in [2.45, 2.75) is 6.23 Å². The Labute approximate surface area is 218 Å². The third-order valence-corrected chi connectivity index (χ3v) is 8.10. The van der Waals surface area contributed by atoms with E-state index in [4.69, 9.17) is 33.7 Å². The third kappa shape index (κ3) is 5.00. The van der Waals surface area contributed by atoms with Crippen LogP contribution in [0.1, 0.15) is 11.8 Å². The number of hydrogen-bond acceptors (Lipinski definition) is 7. The molecule has 36 heavy (non-hydrogen) atoms. The second-order valence-corrected chi connectivity index (χ2v) is 11.3. The summed E-state index contributed by atoms with van der Waals surface area (Å²) in [7, 11) is -3.18. The average Bonchev–Trinajstić information content (AvgIpc) is 3.27. The first kappa shape index (κ1) is 24.8. The van der Waals surface area contributed by atoms with Gasteiger partial charge in [0.1, 0.15) is 17.3 Å². The van der Waals surface area contributed by atoms with Crippen LogP contribution >= 0.6 is 23.2 Å². The number of piperazine rings is 1. The van der Waals surface area contributed by atoms with Gasteiger partial charge in [-0.25, -0.2) is 13.4 Å². The largest absolute Gasteiger partial charge is 0.471 e. The number of sulfonamides is 1. The number of aromatic amines is 1. The maximum atomic E-state index is 11.8. The fourth-order valence-corrected chi connectivity index (χ4v) is 5.68. The van der Waals surface area contributed by atoms with E-state index in [9.17, 15) is 8.42 Å². The number of ether oxygens (including phenoxy) is 1. The third-order valence-electron chi connectivity index (χ3n) is 6.13. The summed E-state index contributed by atoms with van der Waals surface area (Å²) >= 11 is 12.5. The molecule has 0 amide bonds. The number of benzene rings is 2. The van der Waals surface area contributed by atoms with Crippen LogP contribution in [0.25, 0.3) is 22.2 Å². The van der Waals surface area contributed by atoms with Gasteiger partial charge in [0.25, 0.3) is 0 Å². The van der Waals surface area contributed by atoms with Crippen molar-refractivity contribution in [1.29, 1.82) is 0 Å². The van der Waals surface area contributed by atoms with Gasteiger partial charge >= 0.3 is 0 Å². The van der Waals surface area contributed by atoms with Gasteiger partial charge in [-0.1, -0.05) is 29.3 Å². The number of nitrogens with one attached hydrogen (secondary N) is 1. The molecule has 1 saturated heterocycles. The quantitative estimate of drug-likeness (QED) is 0.350. The smallest absolute Gasteiger partial charge is 0.211 e. The van der Waals surface area contributed by atoms with E-state index in [0.717, 1.165) is 28.0 Å². The highest BCUT2D eigenvalue weighted by atomic mass is 35.5. The SMILES string of the molecule is CS(=O)(=O)N1CCN(c2ccc(-c3n[nH]c4ccc(O[C@H](N)c5c(Cl)cccc5Cl)cc34)cn2)CC1. The molecule has 9 nitrogen and oxygen atoms in total. The summed E-state index contributed by atoms with van der Waals surface area (Å²) in [5.74, 6) is 1.33. The second kappa shape index (κ2) is 9.87. The topological polar surface area (TPSA) is 117 Å². The molecule has 0 saturated carbocycles. The summed E-state index contributed by atoms with van der Waals surface area (Å²) in [5, 5.41) is 9.22. The molecular formula is C24H24Cl2N6O3S. The Kier molecular flexibility index (Phi) is 6.80. The summed E-state index contributed by atoms with van der Waals surface area (Å²) in [6, 6.07) is 14.6. The van der Waals surface area contributed by atoms with Gasteiger partial charge in [-0.05, 0) is 42.5 Å². The van der Waals surface area contributed by atoms with Crippen LogP contribution in [-0.4, -0.2) is 60.3 Å². The summed E-state index contributed by atoms with van der Waals surface area (Å²) in [6.45, 7) is 2.05. The van der Waals surface area contributed by atoms with Crippen LogP contribution in [0.15, 0.2) is 54.7 Å². The number of rotatable bonds is 6. The molecule has 2 aromatic heterocycles. The molecule has 2 aromatic carbocycles. The van der Waals surface area contributed by atoms with Crippen molar-refractivity contribution in [3.05, 3.63) is 70.3 Å². The van der Waals surface area contributed by atoms with Gasteiger partial charge in [-0.3, -0.25) is 10.8 Å². The van der Waals surface area contributed by atoms with Gasteiger partial charge in [0, 0.05) is 48.9 Å². The summed E-state index contributed by atoms with van der Waals surface area (Å²) < 4.78 is 30.9. The minimum Gasteiger partial charge on any atom is -0.471 e. The summed E-state index contributed by atoms with van der Waals surface area (Å²) in [5.41, 5.74) is 9.16. The Bertz CT molecular complexity index is 1480. The van der Waals surface area contributed by atoms with Gasteiger partial charge in [0.15, 0.2) is 6.23 Å². The first-order valence-electron chi connectivity index (χ1n) is 11.2. The van der Waals surface area contributed by atoms with E-state index in [1.807, 2.05) is 24.3 Å². The molecule has 3 heterocycles. The molecule has 0 unspecified atom stereocenters. The van der Waals surface area contributed by atoms with Crippen molar-refractivity contribution in [3.63, 3.8) is 0 Å². The Morgan fingerprint density at radius 3 is 2.42 bits per heavy atom. The van der Waals surface area contributed by atoms with Gasteiger partial charge in [0.05, 0.1) is 21.8 Å². The molecule has 188 valence electrons. The predicted octanol–water partition coefficient (Wildman–Crippen LogP) is 4.05. The lowest BCUT2D eigenvalue weighted by atomic mass is 10.1. The Hall–Kier alpha value is -2.89. The van der Waals surface area contributed by atoms with E-state index in [1.165, 1.54) is 10.6 Å². The normalized spacial score (nSPS) is 15.8. The fraction of sp³-hybridized carbons (Fsp3) is 0.250. The molecule has 4 aromatic rings. The van der Waals surface area contributed by atoms with Crippen molar-refractivity contribution < 1.29 is 13.2 Å². The van der Waals surface area contributed by atoms with Gasteiger partial charge < -0.3 is 9.64 Å². The van der Waals surface area contributed by atoms with E-state index < -0.39 is 16.3 Å². The zero-order chi connectivity index (χ0) is 25.4. The standard InChI is InChI=1S/C24H24Cl2N6O3S/c1-36(33,34)32-11-9-31(10-12-32)21-8-5-15(14-28-21)23-17-13-16(6-7-20(17)29-30-23)35-24(27)22-18(25)3-2-4-19(22)26/h2-8,13-14,24H,9-12,27H2,1H3,(H,29,30)/t24-/m0/s1. The molecule has 0 bridgehead atoms. The van der Waals surface area contributed by atoms with Gasteiger partial charge in [-0.2, -0.15) is 9.40 Å². The van der Waals surface area contributed by atoms with E-state index in [2.05, 4.69) is 20.1 Å². The molecule has 1 aliphatic rings. The number of aromatic nitrogens is 3. The summed E-state index contributed by atoms with van der Waals surface area (Å²) in [4.78, 5) is 6.68. The lowest BCUT2D eigenvalue weighted by molar-refractivity contribution is 0.214. The maximum absolute atomic E-state index is 11.8. The highest BCUT2D eigenvalue weighted by molar-refractivity contribution is 7.88. The van der Waals surface area contributed by atoms with Crippen LogP contribution in [0.5, 0.6) is 5.75 Å². The molecule has 1 aliphatic heterocycles. The fourth-order valence-electron chi connectivity index (χ4n) is 4.24. The lowest BCUT2D eigenvalue weighted by Crippen LogP contribution is -2.48. The number of fused-ring (bicyclic) bond motifs is 1. The molecule has 5 rings (SSSR count). The highest BCUT2D eigenvalue weighted by Gasteiger charge is 2.24. The molecule has 0 spiro atoms. The van der Waals surface area contributed by atoms with Crippen LogP contribution in [-0.2, 0) is 10.0 Å². The van der Waals surface area contributed by atoms with E-state index in [-0.39, 0.29) is 0 Å². The number of pyridine rings is 1. The van der Waals surface area contributed by atoms with Crippen LogP contribution in [0.3, 0.4) is 0 Å². The minimum absolute atomic E-state index is 0.434. The van der Waals surface area contributed by atoms with Crippen LogP contribution in [0.4, 0.5) is 5.82 Å². The van der Waals surface area contributed by atoms with Crippen molar-refractivity contribution >= 4 is 49.9 Å². The number of nitrogens with two attached hydrogens (primary N) is 1. The molecule has 12 heteroatoms. The zero-order valence-electron chi connectivity index (χ0n) is 19.4. The van der Waals surface area contributed by atoms with Crippen molar-refractivity contribution in [3.8, 4) is 17.0 Å². The lowest BCUT2D eigenvalue weighted by Gasteiger charge is -2.33. The minimum atomic E-state index is -3.18. The average molecular weight is 547 g/mol. The van der Waals surface area contributed by atoms with E-state index >= 15 is 0 Å². The van der Waals surface area contributed by atoms with Crippen molar-refractivity contribution in [2.75, 3.05) is 37.3 Å². The maximum Gasteiger partial charge on any atom is 0.211 e. The van der Waals surface area contributed by atoms with Crippen LogP contribution in [0, 0.1) is 0 Å². The molecular weight excluding hydrogens is 523 g/mol. The molecule has 3 N–H and O–H groups in total. The van der Waals surface area contributed by atoms with Crippen LogP contribution in [0.2, 0.25) is 10.0 Å². The second-order valence-electron chi connectivity index (χ2n) is 8.51. The van der Waals surface area contributed by atoms with Crippen LogP contribution < -0.4 is 15.4 Å². The van der Waals surface area contributed by atoms with Gasteiger partial charge in [0.2, 0.25) is 10.0 Å². The zero-order valence-corrected chi connectivity index (χ0v) is 21.7. The molecule has 0 radical (unpaired) electrons. The Balaban J connectivity index is 1.35. The van der Waals surface area contributed by atoms with Crippen molar-refractivity contribution in [1.82, 2.24) is 19.5 Å². The first-order chi connectivity index (χ1) is 17.2. The Morgan fingerprint density at radius 2 is 1.78 bits per heavy atom. The van der Waals surface area contributed by atoms with E-state index in [0.29, 0.717) is 47.5 Å². The van der Waals surface area contributed by atoms with Crippen molar-refractivity contribution in [2.24, 2.45) is 5.73 Å². The number of halogens is 2. The predicted molar refractivity (Wildman–Crippen MR) is 142 cm³/mol. The molecule has 1 atom stereocenters. The monoisotopic (exact) mass is 546 g/mol. The first-order valence-corrected chi connectivity index (χ1v) is 13.8. The van der Waals surface area contributed by atoms with Gasteiger partial charge in [-0.15, -0.1) is 0 Å². The number of nitrogens with zero attached hydrogens (tertiary/aromatic N) is 4. The highest BCUT2D eigenvalue weighted by Crippen LogP contribution is 2.33. The Morgan fingerprint density at radius 1 is 1.06 bits per heavy atom. The molecule has 1 fully saturated rings. The number of hydrogen-bond donors (Lipinski definition) is 2. The number of H-pyrrole nitrogens is 1.